The fourth-order valence-corrected chi connectivity index (χ4v) is 3.80. The van der Waals surface area contributed by atoms with E-state index in [1.165, 1.54) is 6.26 Å². The lowest BCUT2D eigenvalue weighted by molar-refractivity contribution is 0.0946. The number of halogens is 2. The standard InChI is InChI=1S/C22H19F2N3O2/c23-16-10-13(12-25)11-17(24)19(16)27-20(18-6-1-2-8-26-18)21(28)15-5-3-4-14-7-9-29-22(14)15/h3-5,7,9-11,18,20,26-27H,1-2,6,8H2/t18?,20-/m0/s1. The first-order valence-corrected chi connectivity index (χ1v) is 9.48. The molecule has 1 unspecified atom stereocenters. The topological polar surface area (TPSA) is 78.1 Å². The number of rotatable bonds is 5. The van der Waals surface area contributed by atoms with Crippen molar-refractivity contribution in [1.29, 1.82) is 5.26 Å². The molecule has 4 rings (SSSR count). The van der Waals surface area contributed by atoms with Crippen molar-refractivity contribution in [2.45, 2.75) is 31.3 Å². The number of Topliss-reactive ketones (excluding diaryl/α,β-unsaturated/α-hetero) is 1. The SMILES string of the molecule is N#Cc1cc(F)c(N[C@H](C(=O)c2cccc3ccoc23)C2CCCCN2)c(F)c1. The highest BCUT2D eigenvalue weighted by molar-refractivity contribution is 6.10. The Labute approximate surface area is 166 Å². The van der Waals surface area contributed by atoms with Gasteiger partial charge in [0.2, 0.25) is 0 Å². The van der Waals surface area contributed by atoms with Gasteiger partial charge in [0.1, 0.15) is 17.3 Å². The fraction of sp³-hybridized carbons (Fsp3) is 0.273. The molecule has 3 aromatic rings. The summed E-state index contributed by atoms with van der Waals surface area (Å²) in [5.74, 6) is -2.13. The first kappa shape index (κ1) is 19.1. The van der Waals surface area contributed by atoms with Crippen molar-refractivity contribution in [1.82, 2.24) is 5.32 Å². The van der Waals surface area contributed by atoms with Crippen molar-refractivity contribution in [3.05, 3.63) is 65.4 Å². The van der Waals surface area contributed by atoms with E-state index in [1.807, 2.05) is 6.07 Å². The third-order valence-electron chi connectivity index (χ3n) is 5.25. The first-order valence-electron chi connectivity index (χ1n) is 9.48. The second-order valence-corrected chi connectivity index (χ2v) is 7.11. The van der Waals surface area contributed by atoms with Gasteiger partial charge in [-0.05, 0) is 43.7 Å². The lowest BCUT2D eigenvalue weighted by Gasteiger charge is -2.32. The Bertz CT molecular complexity index is 1070. The highest BCUT2D eigenvalue weighted by Gasteiger charge is 2.33. The summed E-state index contributed by atoms with van der Waals surface area (Å²) >= 11 is 0. The number of carbonyl (C=O) groups excluding carboxylic acids is 1. The Balaban J connectivity index is 1.74. The smallest absolute Gasteiger partial charge is 0.190 e. The van der Waals surface area contributed by atoms with Gasteiger partial charge in [-0.15, -0.1) is 0 Å². The number of anilines is 1. The van der Waals surface area contributed by atoms with Crippen LogP contribution in [0, 0.1) is 23.0 Å². The predicted molar refractivity (Wildman–Crippen MR) is 105 cm³/mol. The molecule has 5 nitrogen and oxygen atoms in total. The maximum absolute atomic E-state index is 14.5. The molecule has 148 valence electrons. The summed E-state index contributed by atoms with van der Waals surface area (Å²) in [6.45, 7) is 0.722. The molecule has 2 heterocycles. The third-order valence-corrected chi connectivity index (χ3v) is 5.25. The number of benzene rings is 2. The molecular formula is C22H19F2N3O2. The molecular weight excluding hydrogens is 376 g/mol. The monoisotopic (exact) mass is 395 g/mol. The molecule has 7 heteroatoms. The first-order chi connectivity index (χ1) is 14.1. The van der Waals surface area contributed by atoms with Crippen LogP contribution in [0.2, 0.25) is 0 Å². The van der Waals surface area contributed by atoms with Gasteiger partial charge in [0.15, 0.2) is 17.4 Å². The molecule has 29 heavy (non-hydrogen) atoms. The number of fused-ring (bicyclic) bond motifs is 1. The van der Waals surface area contributed by atoms with Crippen molar-refractivity contribution in [3.8, 4) is 6.07 Å². The lowest BCUT2D eigenvalue weighted by Crippen LogP contribution is -2.51. The largest absolute Gasteiger partial charge is 0.464 e. The van der Waals surface area contributed by atoms with Crippen molar-refractivity contribution in [3.63, 3.8) is 0 Å². The molecule has 1 saturated heterocycles. The summed E-state index contributed by atoms with van der Waals surface area (Å²) in [6.07, 6.45) is 4.08. The number of nitriles is 1. The average Bonchev–Trinajstić information content (AvgIpc) is 3.22. The molecule has 2 aromatic carbocycles. The van der Waals surface area contributed by atoms with Crippen LogP contribution in [0.15, 0.2) is 47.1 Å². The van der Waals surface area contributed by atoms with Crippen LogP contribution in [0.1, 0.15) is 35.2 Å². The Hall–Kier alpha value is -3.24. The molecule has 0 aliphatic carbocycles. The predicted octanol–water partition coefficient (Wildman–Crippen LogP) is 4.39. The van der Waals surface area contributed by atoms with Crippen molar-refractivity contribution < 1.29 is 18.0 Å². The van der Waals surface area contributed by atoms with Crippen molar-refractivity contribution >= 4 is 22.4 Å². The van der Waals surface area contributed by atoms with Gasteiger partial charge >= 0.3 is 0 Å². The van der Waals surface area contributed by atoms with E-state index in [0.717, 1.165) is 36.9 Å². The van der Waals surface area contributed by atoms with E-state index in [2.05, 4.69) is 10.6 Å². The number of hydrogen-bond acceptors (Lipinski definition) is 5. The molecule has 1 aromatic heterocycles. The normalized spacial score (nSPS) is 17.6. The van der Waals surface area contributed by atoms with E-state index in [-0.39, 0.29) is 17.4 Å². The molecule has 0 saturated carbocycles. The number of para-hydroxylation sites is 1. The highest BCUT2D eigenvalue weighted by Crippen LogP contribution is 2.27. The second-order valence-electron chi connectivity index (χ2n) is 7.11. The number of piperidine rings is 1. The second kappa shape index (κ2) is 8.02. The molecule has 0 radical (unpaired) electrons. The molecule has 1 aliphatic heterocycles. The molecule has 1 fully saturated rings. The minimum atomic E-state index is -0.911. The van der Waals surface area contributed by atoms with Gasteiger partial charge in [0.25, 0.3) is 0 Å². The van der Waals surface area contributed by atoms with Gasteiger partial charge < -0.3 is 15.1 Å². The van der Waals surface area contributed by atoms with Crippen LogP contribution in [0.5, 0.6) is 0 Å². The van der Waals surface area contributed by atoms with Crippen molar-refractivity contribution in [2.24, 2.45) is 0 Å². The highest BCUT2D eigenvalue weighted by atomic mass is 19.1. The quantitative estimate of drug-likeness (QED) is 0.627. The zero-order chi connectivity index (χ0) is 20.4. The van der Waals surface area contributed by atoms with Crippen LogP contribution in [-0.4, -0.2) is 24.4 Å². The van der Waals surface area contributed by atoms with Crippen LogP contribution in [0.4, 0.5) is 14.5 Å². The maximum Gasteiger partial charge on any atom is 0.190 e. The molecule has 0 spiro atoms. The third kappa shape index (κ3) is 3.71. The van der Waals surface area contributed by atoms with Gasteiger partial charge in [0.05, 0.1) is 23.5 Å². The minimum Gasteiger partial charge on any atom is -0.464 e. The summed E-state index contributed by atoms with van der Waals surface area (Å²) in [7, 11) is 0. The zero-order valence-electron chi connectivity index (χ0n) is 15.5. The minimum absolute atomic E-state index is 0.121. The van der Waals surface area contributed by atoms with Gasteiger partial charge in [0, 0.05) is 11.4 Å². The van der Waals surface area contributed by atoms with Gasteiger partial charge in [-0.3, -0.25) is 4.79 Å². The summed E-state index contributed by atoms with van der Waals surface area (Å²) in [6, 6.07) is 9.42. The maximum atomic E-state index is 14.5. The average molecular weight is 395 g/mol. The van der Waals surface area contributed by atoms with Crippen LogP contribution in [0.3, 0.4) is 0 Å². The van der Waals surface area contributed by atoms with E-state index < -0.39 is 23.4 Å². The molecule has 0 bridgehead atoms. The van der Waals surface area contributed by atoms with Gasteiger partial charge in [-0.25, -0.2) is 8.78 Å². The van der Waals surface area contributed by atoms with Crippen LogP contribution >= 0.6 is 0 Å². The number of hydrogen-bond donors (Lipinski definition) is 2. The summed E-state index contributed by atoms with van der Waals surface area (Å²) < 4.78 is 34.5. The number of ketones is 1. The van der Waals surface area contributed by atoms with E-state index >= 15 is 0 Å². The van der Waals surface area contributed by atoms with Crippen LogP contribution < -0.4 is 10.6 Å². The van der Waals surface area contributed by atoms with E-state index in [0.29, 0.717) is 17.6 Å². The Morgan fingerprint density at radius 2 is 2.03 bits per heavy atom. The molecule has 1 aliphatic rings. The Morgan fingerprint density at radius 3 is 2.72 bits per heavy atom. The molecule has 2 atom stereocenters. The number of carbonyl (C=O) groups is 1. The van der Waals surface area contributed by atoms with Gasteiger partial charge in [-0.1, -0.05) is 18.6 Å². The van der Waals surface area contributed by atoms with Crippen LogP contribution in [0.25, 0.3) is 11.0 Å². The van der Waals surface area contributed by atoms with Crippen molar-refractivity contribution in [2.75, 3.05) is 11.9 Å². The number of furan rings is 1. The van der Waals surface area contributed by atoms with E-state index in [9.17, 15) is 13.6 Å². The number of nitrogens with zero attached hydrogens (tertiary/aromatic N) is 1. The molecule has 0 amide bonds. The van der Waals surface area contributed by atoms with Gasteiger partial charge in [-0.2, -0.15) is 5.26 Å². The lowest BCUT2D eigenvalue weighted by atomic mass is 9.91. The van der Waals surface area contributed by atoms with E-state index in [1.54, 1.807) is 24.3 Å². The van der Waals surface area contributed by atoms with E-state index in [4.69, 9.17) is 9.68 Å². The summed E-state index contributed by atoms with van der Waals surface area (Å²) in [5, 5.41) is 15.7. The Kier molecular flexibility index (Phi) is 5.28. The zero-order valence-corrected chi connectivity index (χ0v) is 15.5. The molecule has 2 N–H and O–H groups in total. The fourth-order valence-electron chi connectivity index (χ4n) is 3.80. The number of nitrogens with one attached hydrogen (secondary N) is 2. The summed E-state index contributed by atoms with van der Waals surface area (Å²) in [5.41, 5.74) is 0.263. The van der Waals surface area contributed by atoms with Crippen LogP contribution in [-0.2, 0) is 0 Å². The summed E-state index contributed by atoms with van der Waals surface area (Å²) in [4.78, 5) is 13.4. The Morgan fingerprint density at radius 1 is 1.24 bits per heavy atom.